The Morgan fingerprint density at radius 3 is 2.67 bits per heavy atom. The van der Waals surface area contributed by atoms with Crippen LogP contribution in [0.1, 0.15) is 49.9 Å². The molecule has 6 heteroatoms. The van der Waals surface area contributed by atoms with Crippen molar-refractivity contribution in [1.29, 1.82) is 0 Å². The van der Waals surface area contributed by atoms with Crippen LogP contribution in [0.2, 0.25) is 0 Å². The van der Waals surface area contributed by atoms with Crippen molar-refractivity contribution in [1.82, 2.24) is 0 Å². The van der Waals surface area contributed by atoms with Crippen LogP contribution in [-0.2, 0) is 0 Å². The molecule has 0 aliphatic carbocycles. The van der Waals surface area contributed by atoms with Crippen LogP contribution >= 0.6 is 0 Å². The highest BCUT2D eigenvalue weighted by Crippen LogP contribution is 2.23. The van der Waals surface area contributed by atoms with Crippen LogP contribution in [0.25, 0.3) is 0 Å². The molecule has 1 atom stereocenters. The van der Waals surface area contributed by atoms with E-state index in [1.54, 1.807) is 0 Å². The summed E-state index contributed by atoms with van der Waals surface area (Å²) in [5.74, 6) is -0.690. The number of hydrogen-bond donors (Lipinski definition) is 2. The van der Waals surface area contributed by atoms with Gasteiger partial charge in [-0.3, -0.25) is 10.1 Å². The molecule has 1 unspecified atom stereocenters. The zero-order valence-electron chi connectivity index (χ0n) is 12.5. The molecule has 0 aliphatic rings. The monoisotopic (exact) mass is 294 g/mol. The van der Waals surface area contributed by atoms with Gasteiger partial charge in [0.1, 0.15) is 0 Å². The molecular formula is C15H22N2O4. The Labute approximate surface area is 124 Å². The summed E-state index contributed by atoms with van der Waals surface area (Å²) in [6, 6.07) is 3.88. The number of carbonyl (C=O) groups is 1. The lowest BCUT2D eigenvalue weighted by Crippen LogP contribution is -2.15. The third-order valence-corrected chi connectivity index (χ3v) is 3.57. The van der Waals surface area contributed by atoms with Crippen LogP contribution in [-0.4, -0.2) is 22.5 Å². The number of nitro groups is 1. The summed E-state index contributed by atoms with van der Waals surface area (Å²) in [5.41, 5.74) is 0.161. The molecule has 0 aromatic heterocycles. The second-order valence-corrected chi connectivity index (χ2v) is 5.09. The largest absolute Gasteiger partial charge is 0.478 e. The van der Waals surface area contributed by atoms with E-state index in [9.17, 15) is 20.0 Å². The highest BCUT2D eigenvalue weighted by atomic mass is 16.6. The second-order valence-electron chi connectivity index (χ2n) is 5.09. The molecule has 0 aliphatic heterocycles. The first-order valence-electron chi connectivity index (χ1n) is 7.25. The van der Waals surface area contributed by atoms with E-state index in [1.807, 2.05) is 0 Å². The van der Waals surface area contributed by atoms with Crippen molar-refractivity contribution in [3.63, 3.8) is 0 Å². The van der Waals surface area contributed by atoms with E-state index in [0.29, 0.717) is 18.2 Å². The molecule has 0 saturated heterocycles. The number of carboxylic acids is 1. The summed E-state index contributed by atoms with van der Waals surface area (Å²) in [7, 11) is 0. The summed E-state index contributed by atoms with van der Waals surface area (Å²) < 4.78 is 0. The molecule has 0 spiro atoms. The first kappa shape index (κ1) is 16.9. The second kappa shape index (κ2) is 8.24. The number of anilines is 1. The van der Waals surface area contributed by atoms with E-state index >= 15 is 0 Å². The Bertz CT molecular complexity index is 502. The minimum absolute atomic E-state index is 0.0606. The fraction of sp³-hybridized carbons (Fsp3) is 0.533. The molecular weight excluding hydrogens is 272 g/mol. The zero-order valence-corrected chi connectivity index (χ0v) is 12.5. The topological polar surface area (TPSA) is 92.5 Å². The molecule has 1 rings (SSSR count). The minimum atomic E-state index is -1.16. The Hall–Kier alpha value is -2.11. The van der Waals surface area contributed by atoms with Crippen LogP contribution in [0.4, 0.5) is 11.4 Å². The van der Waals surface area contributed by atoms with Gasteiger partial charge in [0, 0.05) is 24.4 Å². The fourth-order valence-corrected chi connectivity index (χ4v) is 2.17. The minimum Gasteiger partial charge on any atom is -0.478 e. The molecule has 0 radical (unpaired) electrons. The number of aromatic carboxylic acids is 1. The van der Waals surface area contributed by atoms with E-state index in [-0.39, 0.29) is 11.3 Å². The molecule has 0 bridgehead atoms. The van der Waals surface area contributed by atoms with Crippen LogP contribution in [0.3, 0.4) is 0 Å². The van der Waals surface area contributed by atoms with Gasteiger partial charge in [0.2, 0.25) is 0 Å². The van der Waals surface area contributed by atoms with E-state index in [0.717, 1.165) is 31.7 Å². The van der Waals surface area contributed by atoms with Crippen molar-refractivity contribution >= 4 is 17.3 Å². The lowest BCUT2D eigenvalue weighted by molar-refractivity contribution is -0.384. The molecule has 2 N–H and O–H groups in total. The molecule has 0 heterocycles. The average molecular weight is 294 g/mol. The Kier molecular flexibility index (Phi) is 6.65. The number of benzene rings is 1. The summed E-state index contributed by atoms with van der Waals surface area (Å²) in [6.45, 7) is 4.92. The first-order chi connectivity index (χ1) is 9.99. The smallest absolute Gasteiger partial charge is 0.338 e. The Morgan fingerprint density at radius 1 is 1.43 bits per heavy atom. The molecule has 21 heavy (non-hydrogen) atoms. The van der Waals surface area contributed by atoms with Gasteiger partial charge < -0.3 is 10.4 Å². The third kappa shape index (κ3) is 5.06. The third-order valence-electron chi connectivity index (χ3n) is 3.57. The van der Waals surface area contributed by atoms with Crippen molar-refractivity contribution < 1.29 is 14.8 Å². The van der Waals surface area contributed by atoms with Gasteiger partial charge in [-0.2, -0.15) is 0 Å². The lowest BCUT2D eigenvalue weighted by Gasteiger charge is -2.17. The fourth-order valence-electron chi connectivity index (χ4n) is 2.17. The van der Waals surface area contributed by atoms with Crippen molar-refractivity contribution in [2.75, 3.05) is 11.9 Å². The van der Waals surface area contributed by atoms with Gasteiger partial charge in [0.15, 0.2) is 0 Å². The number of hydrogen-bond acceptors (Lipinski definition) is 4. The summed E-state index contributed by atoms with van der Waals surface area (Å²) in [5, 5.41) is 23.0. The Morgan fingerprint density at radius 2 is 2.14 bits per heavy atom. The van der Waals surface area contributed by atoms with Crippen LogP contribution < -0.4 is 5.32 Å². The predicted molar refractivity (Wildman–Crippen MR) is 81.9 cm³/mol. The van der Waals surface area contributed by atoms with Gasteiger partial charge >= 0.3 is 5.97 Å². The van der Waals surface area contributed by atoms with E-state index in [1.165, 1.54) is 12.1 Å². The molecule has 1 aromatic carbocycles. The maximum atomic E-state index is 11.2. The maximum absolute atomic E-state index is 11.2. The molecule has 116 valence electrons. The van der Waals surface area contributed by atoms with Gasteiger partial charge in [-0.15, -0.1) is 0 Å². The summed E-state index contributed by atoms with van der Waals surface area (Å²) in [4.78, 5) is 21.3. The van der Waals surface area contributed by atoms with Gasteiger partial charge in [-0.25, -0.2) is 4.79 Å². The van der Waals surface area contributed by atoms with Gasteiger partial charge in [-0.1, -0.05) is 33.1 Å². The highest BCUT2D eigenvalue weighted by Gasteiger charge is 2.16. The van der Waals surface area contributed by atoms with E-state index < -0.39 is 10.9 Å². The van der Waals surface area contributed by atoms with Crippen molar-refractivity contribution in [2.45, 2.75) is 39.5 Å². The average Bonchev–Trinajstić information content (AvgIpc) is 2.47. The van der Waals surface area contributed by atoms with Crippen molar-refractivity contribution in [3.05, 3.63) is 33.9 Å². The molecule has 6 nitrogen and oxygen atoms in total. The number of unbranched alkanes of at least 4 members (excludes halogenated alkanes) is 1. The van der Waals surface area contributed by atoms with Crippen LogP contribution in [0.5, 0.6) is 0 Å². The first-order valence-corrected chi connectivity index (χ1v) is 7.25. The van der Waals surface area contributed by atoms with Crippen LogP contribution in [0.15, 0.2) is 18.2 Å². The molecule has 0 saturated carbocycles. The van der Waals surface area contributed by atoms with Crippen molar-refractivity contribution in [2.24, 2.45) is 5.92 Å². The predicted octanol–water partition coefficient (Wildman–Crippen LogP) is 3.92. The molecule has 0 amide bonds. The number of rotatable bonds is 9. The van der Waals surface area contributed by atoms with Crippen molar-refractivity contribution in [3.8, 4) is 0 Å². The summed E-state index contributed by atoms with van der Waals surface area (Å²) >= 11 is 0. The number of carboxylic acid groups (broad SMARTS) is 1. The van der Waals surface area contributed by atoms with E-state index in [4.69, 9.17) is 0 Å². The number of nitro benzene ring substituents is 1. The number of nitrogens with zero attached hydrogens (tertiary/aromatic N) is 1. The van der Waals surface area contributed by atoms with Gasteiger partial charge in [-0.05, 0) is 18.4 Å². The van der Waals surface area contributed by atoms with Crippen LogP contribution in [0, 0.1) is 16.0 Å². The standard InChI is InChI=1S/C15H22N2O4/c1-3-5-6-11(4-2)10-16-14-8-7-12(17(20)21)9-13(14)15(18)19/h7-9,11,16H,3-6,10H2,1-2H3,(H,18,19). The number of nitrogens with one attached hydrogen (secondary N) is 1. The normalized spacial score (nSPS) is 11.9. The summed E-state index contributed by atoms with van der Waals surface area (Å²) in [6.07, 6.45) is 4.39. The molecule has 0 fully saturated rings. The zero-order chi connectivity index (χ0) is 15.8. The lowest BCUT2D eigenvalue weighted by atomic mass is 9.99. The quantitative estimate of drug-likeness (QED) is 0.532. The molecule has 1 aromatic rings. The Balaban J connectivity index is 2.82. The van der Waals surface area contributed by atoms with E-state index in [2.05, 4.69) is 19.2 Å². The maximum Gasteiger partial charge on any atom is 0.338 e. The van der Waals surface area contributed by atoms with Gasteiger partial charge in [0.25, 0.3) is 5.69 Å². The number of non-ortho nitro benzene ring substituents is 1. The SMILES string of the molecule is CCCCC(CC)CNc1ccc([N+](=O)[O-])cc1C(=O)O. The van der Waals surface area contributed by atoms with Gasteiger partial charge in [0.05, 0.1) is 10.5 Å². The highest BCUT2D eigenvalue weighted by molar-refractivity contribution is 5.95.